The summed E-state index contributed by atoms with van der Waals surface area (Å²) in [6.07, 6.45) is 1.63. The van der Waals surface area contributed by atoms with E-state index in [4.69, 9.17) is 4.74 Å². The first-order valence-electron chi connectivity index (χ1n) is 6.87. The summed E-state index contributed by atoms with van der Waals surface area (Å²) >= 11 is 3.21. The molecular weight excluding hydrogens is 360 g/mol. The predicted molar refractivity (Wildman–Crippen MR) is 90.9 cm³/mol. The van der Waals surface area contributed by atoms with Crippen molar-refractivity contribution in [1.29, 1.82) is 0 Å². The van der Waals surface area contributed by atoms with Crippen LogP contribution < -0.4 is 0 Å². The number of halogens is 1. The minimum atomic E-state index is -0.453. The van der Waals surface area contributed by atoms with Gasteiger partial charge >= 0.3 is 11.9 Å². The molecule has 0 aliphatic rings. The Morgan fingerprint density at radius 1 is 1.04 bits per heavy atom. The second-order valence-electron chi connectivity index (χ2n) is 4.67. The van der Waals surface area contributed by atoms with Gasteiger partial charge in [0.15, 0.2) is 0 Å². The normalized spacial score (nSPS) is 11.0. The summed E-state index contributed by atoms with van der Waals surface area (Å²) in [6.45, 7) is 0.212. The Hall–Kier alpha value is -2.40. The van der Waals surface area contributed by atoms with Crippen LogP contribution in [0.25, 0.3) is 6.08 Å². The summed E-state index contributed by atoms with van der Waals surface area (Å²) in [5.74, 6) is -0.854. The topological polar surface area (TPSA) is 52.6 Å². The van der Waals surface area contributed by atoms with E-state index < -0.39 is 11.9 Å². The lowest BCUT2D eigenvalue weighted by molar-refractivity contribution is -0.139. The van der Waals surface area contributed by atoms with E-state index in [0.717, 1.165) is 11.1 Å². The standard InChI is InChI=1S/C18H15BrO4/c1-22-17(20)15-9-7-13(8-10-15)11-16(19)18(21)23-12-14-5-3-2-4-6-14/h2-11H,12H2,1H3. The molecule has 4 nitrogen and oxygen atoms in total. The molecule has 0 N–H and O–H groups in total. The lowest BCUT2D eigenvalue weighted by Gasteiger charge is -2.04. The van der Waals surface area contributed by atoms with Gasteiger partial charge in [-0.05, 0) is 45.3 Å². The van der Waals surface area contributed by atoms with E-state index in [2.05, 4.69) is 20.7 Å². The fourth-order valence-electron chi connectivity index (χ4n) is 1.83. The van der Waals surface area contributed by atoms with Crippen LogP contribution in [-0.4, -0.2) is 19.0 Å². The van der Waals surface area contributed by atoms with Crippen LogP contribution in [0.1, 0.15) is 21.5 Å². The second kappa shape index (κ2) is 8.29. The number of esters is 2. The maximum Gasteiger partial charge on any atom is 0.345 e. The molecule has 0 atom stereocenters. The number of ether oxygens (including phenoxy) is 2. The smallest absolute Gasteiger partial charge is 0.345 e. The molecule has 0 aromatic heterocycles. The minimum absolute atomic E-state index is 0.212. The van der Waals surface area contributed by atoms with Crippen molar-refractivity contribution in [3.63, 3.8) is 0 Å². The van der Waals surface area contributed by atoms with Crippen LogP contribution >= 0.6 is 15.9 Å². The lowest BCUT2D eigenvalue weighted by Crippen LogP contribution is -2.04. The van der Waals surface area contributed by atoms with Crippen LogP contribution in [-0.2, 0) is 20.9 Å². The van der Waals surface area contributed by atoms with Crippen molar-refractivity contribution in [1.82, 2.24) is 0 Å². The van der Waals surface area contributed by atoms with E-state index in [1.807, 2.05) is 30.3 Å². The fraction of sp³-hybridized carbons (Fsp3) is 0.111. The maximum absolute atomic E-state index is 11.9. The van der Waals surface area contributed by atoms with Gasteiger partial charge in [-0.15, -0.1) is 0 Å². The average molecular weight is 375 g/mol. The monoisotopic (exact) mass is 374 g/mol. The Labute approximate surface area is 142 Å². The minimum Gasteiger partial charge on any atom is -0.465 e. The summed E-state index contributed by atoms with van der Waals surface area (Å²) in [5.41, 5.74) is 2.14. The summed E-state index contributed by atoms with van der Waals surface area (Å²) in [7, 11) is 1.33. The highest BCUT2D eigenvalue weighted by molar-refractivity contribution is 9.12. The first-order chi connectivity index (χ1) is 11.1. The van der Waals surface area contributed by atoms with Crippen LogP contribution in [0.5, 0.6) is 0 Å². The Morgan fingerprint density at radius 3 is 2.30 bits per heavy atom. The van der Waals surface area contributed by atoms with Crippen molar-refractivity contribution in [3.05, 3.63) is 75.8 Å². The molecule has 0 aliphatic carbocycles. The molecule has 0 aliphatic heterocycles. The van der Waals surface area contributed by atoms with Gasteiger partial charge in [0.1, 0.15) is 11.1 Å². The van der Waals surface area contributed by atoms with Gasteiger partial charge in [-0.3, -0.25) is 0 Å². The molecule has 0 heterocycles. The summed E-state index contributed by atoms with van der Waals surface area (Å²) in [6, 6.07) is 16.1. The molecule has 0 spiro atoms. The molecule has 2 aromatic carbocycles. The van der Waals surface area contributed by atoms with Crippen LogP contribution in [0.3, 0.4) is 0 Å². The lowest BCUT2D eigenvalue weighted by atomic mass is 10.1. The number of hydrogen-bond donors (Lipinski definition) is 0. The van der Waals surface area contributed by atoms with Gasteiger partial charge in [0, 0.05) is 0 Å². The first kappa shape index (κ1) is 17.0. The molecule has 118 valence electrons. The third-order valence-corrected chi connectivity index (χ3v) is 3.59. The zero-order chi connectivity index (χ0) is 16.7. The quantitative estimate of drug-likeness (QED) is 0.587. The van der Waals surface area contributed by atoms with Crippen molar-refractivity contribution >= 4 is 33.9 Å². The molecule has 2 rings (SSSR count). The molecule has 0 amide bonds. The third kappa shape index (κ3) is 5.07. The molecule has 0 saturated carbocycles. The Balaban J connectivity index is 1.98. The SMILES string of the molecule is COC(=O)c1ccc(C=C(Br)C(=O)OCc2ccccc2)cc1. The summed E-state index contributed by atoms with van der Waals surface area (Å²) < 4.78 is 10.1. The van der Waals surface area contributed by atoms with Crippen LogP contribution in [0.2, 0.25) is 0 Å². The highest BCUT2D eigenvalue weighted by Crippen LogP contribution is 2.16. The predicted octanol–water partition coefficient (Wildman–Crippen LogP) is 3.95. The second-order valence-corrected chi connectivity index (χ2v) is 5.52. The van der Waals surface area contributed by atoms with Crippen molar-refractivity contribution < 1.29 is 19.1 Å². The van der Waals surface area contributed by atoms with Gasteiger partial charge < -0.3 is 9.47 Å². The molecule has 2 aromatic rings. The molecule has 0 bridgehead atoms. The molecule has 0 saturated heterocycles. The van der Waals surface area contributed by atoms with Crippen LogP contribution in [0.4, 0.5) is 0 Å². The van der Waals surface area contributed by atoms with E-state index in [9.17, 15) is 9.59 Å². The number of benzene rings is 2. The van der Waals surface area contributed by atoms with Crippen LogP contribution in [0, 0.1) is 0 Å². The van der Waals surface area contributed by atoms with Crippen molar-refractivity contribution in [2.75, 3.05) is 7.11 Å². The van der Waals surface area contributed by atoms with Crippen molar-refractivity contribution in [2.24, 2.45) is 0 Å². The Morgan fingerprint density at radius 2 is 1.70 bits per heavy atom. The molecule has 0 fully saturated rings. The van der Waals surface area contributed by atoms with E-state index in [1.54, 1.807) is 30.3 Å². The van der Waals surface area contributed by atoms with E-state index in [0.29, 0.717) is 10.0 Å². The number of methoxy groups -OCH3 is 1. The highest BCUT2D eigenvalue weighted by Gasteiger charge is 2.09. The Bertz CT molecular complexity index is 706. The molecule has 0 unspecified atom stereocenters. The number of carbonyl (C=O) groups is 2. The summed E-state index contributed by atoms with van der Waals surface area (Å²) in [4.78, 5) is 23.3. The van der Waals surface area contributed by atoms with Gasteiger partial charge in [0.25, 0.3) is 0 Å². The van der Waals surface area contributed by atoms with Gasteiger partial charge in [0.2, 0.25) is 0 Å². The molecular formula is C18H15BrO4. The average Bonchev–Trinajstić information content (AvgIpc) is 2.60. The molecule has 23 heavy (non-hydrogen) atoms. The van der Waals surface area contributed by atoms with Gasteiger partial charge in [-0.1, -0.05) is 42.5 Å². The third-order valence-electron chi connectivity index (χ3n) is 3.03. The number of carbonyl (C=O) groups excluding carboxylic acids is 2. The zero-order valence-corrected chi connectivity index (χ0v) is 14.1. The molecule has 5 heteroatoms. The van der Waals surface area contributed by atoms with E-state index >= 15 is 0 Å². The molecule has 0 radical (unpaired) electrons. The number of rotatable bonds is 5. The fourth-order valence-corrected chi connectivity index (χ4v) is 2.21. The van der Waals surface area contributed by atoms with Crippen molar-refractivity contribution in [3.8, 4) is 0 Å². The maximum atomic E-state index is 11.9. The van der Waals surface area contributed by atoms with Gasteiger partial charge in [0.05, 0.1) is 12.7 Å². The first-order valence-corrected chi connectivity index (χ1v) is 7.66. The Kier molecular flexibility index (Phi) is 6.11. The van der Waals surface area contributed by atoms with E-state index in [1.165, 1.54) is 7.11 Å². The largest absolute Gasteiger partial charge is 0.465 e. The summed E-state index contributed by atoms with van der Waals surface area (Å²) in [5, 5.41) is 0. The van der Waals surface area contributed by atoms with Crippen LogP contribution in [0.15, 0.2) is 59.1 Å². The van der Waals surface area contributed by atoms with Crippen molar-refractivity contribution in [2.45, 2.75) is 6.61 Å². The van der Waals surface area contributed by atoms with Gasteiger partial charge in [-0.2, -0.15) is 0 Å². The van der Waals surface area contributed by atoms with Gasteiger partial charge in [-0.25, -0.2) is 9.59 Å². The highest BCUT2D eigenvalue weighted by atomic mass is 79.9. The zero-order valence-electron chi connectivity index (χ0n) is 12.5. The van der Waals surface area contributed by atoms with E-state index in [-0.39, 0.29) is 6.61 Å². The number of hydrogen-bond acceptors (Lipinski definition) is 4.